The Hall–Kier alpha value is -9.18. The van der Waals surface area contributed by atoms with Gasteiger partial charge in [0.25, 0.3) is 0 Å². The zero-order chi connectivity index (χ0) is 50.5. The normalized spacial score (nSPS) is 11.9. The van der Waals surface area contributed by atoms with Crippen LogP contribution in [0.2, 0.25) is 0 Å². The Morgan fingerprint density at radius 3 is 1.40 bits per heavy atom. The molecule has 0 spiro atoms. The molecule has 0 aliphatic heterocycles. The van der Waals surface area contributed by atoms with Crippen molar-refractivity contribution in [3.05, 3.63) is 263 Å². The Morgan fingerprint density at radius 2 is 0.773 bits per heavy atom. The molecule has 0 aliphatic carbocycles. The van der Waals surface area contributed by atoms with Crippen LogP contribution in [0.5, 0.6) is 0 Å². The molecule has 14 rings (SSSR count). The van der Waals surface area contributed by atoms with E-state index in [0.29, 0.717) is 0 Å². The summed E-state index contributed by atoms with van der Waals surface area (Å²) in [4.78, 5) is 0. The van der Waals surface area contributed by atoms with Gasteiger partial charge in [-0.05, 0) is 210 Å². The largest absolute Gasteiger partial charge is 0.456 e. The van der Waals surface area contributed by atoms with Gasteiger partial charge in [-0.2, -0.15) is 0 Å². The van der Waals surface area contributed by atoms with E-state index in [2.05, 4.69) is 268 Å². The minimum Gasteiger partial charge on any atom is -0.456 e. The monoisotopic (exact) mass is 962 g/mol. The number of hydrogen-bond donors (Lipinski definition) is 0. The van der Waals surface area contributed by atoms with Crippen molar-refractivity contribution in [1.82, 2.24) is 9.13 Å². The van der Waals surface area contributed by atoms with Crippen LogP contribution in [0.1, 0.15) is 38.9 Å². The molecule has 0 atom stereocenters. The highest BCUT2D eigenvalue weighted by atomic mass is 16.3. The molecule has 0 saturated heterocycles. The van der Waals surface area contributed by atoms with Gasteiger partial charge in [0.1, 0.15) is 11.2 Å². The average molecular weight is 963 g/mol. The minimum absolute atomic E-state index is 0.814. The third-order valence-electron chi connectivity index (χ3n) is 15.7. The van der Waals surface area contributed by atoms with E-state index in [0.717, 1.165) is 34.0 Å². The first-order valence-corrected chi connectivity index (χ1v) is 26.2. The SMILES string of the molecule is Cc1cccc(-c2ccc3oc4ccc(-c5cccc(Cc6cc7c(cc6C)c6cc(-c8cc9c(cc8C)c8cc(-c%10cccc(C)c%10)ccc8n9-c8ccccc8)ccc6n7-c6cccc(C)c6)c5)cc4c3c2)c1. The van der Waals surface area contributed by atoms with Crippen molar-refractivity contribution in [3.63, 3.8) is 0 Å². The van der Waals surface area contributed by atoms with E-state index in [1.807, 2.05) is 0 Å². The second kappa shape index (κ2) is 17.5. The molecule has 0 fully saturated rings. The Kier molecular flexibility index (Phi) is 10.4. The fourth-order valence-electron chi connectivity index (χ4n) is 12.0. The molecule has 3 heterocycles. The van der Waals surface area contributed by atoms with Gasteiger partial charge >= 0.3 is 0 Å². The summed E-state index contributed by atoms with van der Waals surface area (Å²) < 4.78 is 11.3. The van der Waals surface area contributed by atoms with E-state index in [1.165, 1.54) is 133 Å². The third kappa shape index (κ3) is 7.65. The highest BCUT2D eigenvalue weighted by Gasteiger charge is 2.20. The van der Waals surface area contributed by atoms with Gasteiger partial charge in [0.15, 0.2) is 0 Å². The molecule has 0 aliphatic rings. The van der Waals surface area contributed by atoms with E-state index in [4.69, 9.17) is 4.42 Å². The molecule has 0 saturated carbocycles. The summed E-state index contributed by atoms with van der Waals surface area (Å²) in [6.07, 6.45) is 0.814. The van der Waals surface area contributed by atoms with Gasteiger partial charge in [-0.3, -0.25) is 0 Å². The Bertz CT molecular complexity index is 4620. The lowest BCUT2D eigenvalue weighted by atomic mass is 9.94. The molecular weight excluding hydrogens is 909 g/mol. The number of para-hydroxylation sites is 1. The Morgan fingerprint density at radius 1 is 0.307 bits per heavy atom. The van der Waals surface area contributed by atoms with Crippen molar-refractivity contribution in [3.8, 4) is 55.9 Å². The molecule has 0 N–H and O–H groups in total. The summed E-state index contributed by atoms with van der Waals surface area (Å²) in [7, 11) is 0. The molecule has 0 bridgehead atoms. The number of rotatable bonds is 8. The summed E-state index contributed by atoms with van der Waals surface area (Å²) in [6.45, 7) is 11.1. The molecule has 0 radical (unpaired) electrons. The highest BCUT2D eigenvalue weighted by molar-refractivity contribution is 6.14. The summed E-state index contributed by atoms with van der Waals surface area (Å²) in [6, 6.07) is 83.3. The zero-order valence-corrected chi connectivity index (χ0v) is 42.9. The summed E-state index contributed by atoms with van der Waals surface area (Å²) in [5, 5.41) is 7.30. The van der Waals surface area contributed by atoms with Crippen molar-refractivity contribution in [1.29, 1.82) is 0 Å². The molecule has 11 aromatic carbocycles. The summed E-state index contributed by atoms with van der Waals surface area (Å²) in [5.74, 6) is 0. The highest BCUT2D eigenvalue weighted by Crippen LogP contribution is 2.42. The maximum Gasteiger partial charge on any atom is 0.135 e. The number of aromatic nitrogens is 2. The van der Waals surface area contributed by atoms with E-state index in [9.17, 15) is 0 Å². The fourth-order valence-corrected chi connectivity index (χ4v) is 12.0. The molecular formula is C72H54N2O. The van der Waals surface area contributed by atoms with E-state index in [1.54, 1.807) is 0 Å². The third-order valence-corrected chi connectivity index (χ3v) is 15.7. The average Bonchev–Trinajstić information content (AvgIpc) is 4.13. The van der Waals surface area contributed by atoms with Crippen molar-refractivity contribution >= 4 is 65.6 Å². The van der Waals surface area contributed by atoms with Crippen LogP contribution < -0.4 is 0 Å². The number of hydrogen-bond acceptors (Lipinski definition) is 1. The summed E-state index contributed by atoms with van der Waals surface area (Å²) in [5.41, 5.74) is 27.5. The fraction of sp³-hybridized carbons (Fsp3) is 0.0833. The molecule has 358 valence electrons. The predicted octanol–water partition coefficient (Wildman–Crippen LogP) is 19.6. The van der Waals surface area contributed by atoms with Crippen molar-refractivity contribution in [2.24, 2.45) is 0 Å². The number of benzene rings is 11. The van der Waals surface area contributed by atoms with Gasteiger partial charge in [0.2, 0.25) is 0 Å². The molecule has 3 aromatic heterocycles. The number of aryl methyl sites for hydroxylation is 5. The quantitative estimate of drug-likeness (QED) is 0.149. The molecule has 3 nitrogen and oxygen atoms in total. The zero-order valence-electron chi connectivity index (χ0n) is 42.9. The van der Waals surface area contributed by atoms with Crippen LogP contribution in [-0.4, -0.2) is 9.13 Å². The van der Waals surface area contributed by atoms with Gasteiger partial charge in [-0.25, -0.2) is 0 Å². The van der Waals surface area contributed by atoms with Gasteiger partial charge in [0, 0.05) is 43.7 Å². The van der Waals surface area contributed by atoms with Crippen LogP contribution in [0, 0.1) is 34.6 Å². The van der Waals surface area contributed by atoms with E-state index in [-0.39, 0.29) is 0 Å². The molecule has 0 amide bonds. The van der Waals surface area contributed by atoms with Crippen LogP contribution in [-0.2, 0) is 6.42 Å². The molecule has 0 unspecified atom stereocenters. The molecule has 3 heteroatoms. The van der Waals surface area contributed by atoms with Crippen LogP contribution >= 0.6 is 0 Å². The molecule has 14 aromatic rings. The number of fused-ring (bicyclic) bond motifs is 9. The van der Waals surface area contributed by atoms with Gasteiger partial charge in [-0.1, -0.05) is 139 Å². The lowest BCUT2D eigenvalue weighted by Crippen LogP contribution is -1.97. The number of furan rings is 1. The maximum absolute atomic E-state index is 6.37. The first-order valence-electron chi connectivity index (χ1n) is 26.2. The van der Waals surface area contributed by atoms with Gasteiger partial charge < -0.3 is 13.6 Å². The first kappa shape index (κ1) is 44.5. The second-order valence-corrected chi connectivity index (χ2v) is 20.9. The minimum atomic E-state index is 0.814. The maximum atomic E-state index is 6.37. The van der Waals surface area contributed by atoms with Crippen molar-refractivity contribution < 1.29 is 4.42 Å². The van der Waals surface area contributed by atoms with Crippen LogP contribution in [0.3, 0.4) is 0 Å². The van der Waals surface area contributed by atoms with Crippen LogP contribution in [0.4, 0.5) is 0 Å². The predicted molar refractivity (Wildman–Crippen MR) is 317 cm³/mol. The van der Waals surface area contributed by atoms with Gasteiger partial charge in [0.05, 0.1) is 22.1 Å². The Balaban J connectivity index is 0.869. The van der Waals surface area contributed by atoms with Gasteiger partial charge in [-0.15, -0.1) is 0 Å². The molecule has 75 heavy (non-hydrogen) atoms. The van der Waals surface area contributed by atoms with E-state index < -0.39 is 0 Å². The first-order chi connectivity index (χ1) is 36.7. The summed E-state index contributed by atoms with van der Waals surface area (Å²) >= 11 is 0. The standard InChI is InChI=1S/C72H54N2O/c1-44-13-9-17-50(31-44)53-23-27-67-63(38-53)62-35-48(5)60(43-70(62)73(67)58-20-7-6-8-21-58)56-24-28-68-64(41-56)61-34-47(4)57(42-69(61)74(68)59-22-11-15-46(3)33-59)37-49-16-12-19-52(36-49)55-26-30-72-66(40-55)65-39-54(25-29-71(65)75-72)51-18-10-14-45(2)32-51/h6-36,38-43H,37H2,1-5H3. The number of nitrogens with zero attached hydrogens (tertiary/aromatic N) is 2. The van der Waals surface area contributed by atoms with Crippen molar-refractivity contribution in [2.45, 2.75) is 41.0 Å². The second-order valence-electron chi connectivity index (χ2n) is 20.9. The topological polar surface area (TPSA) is 23.0 Å². The smallest absolute Gasteiger partial charge is 0.135 e. The van der Waals surface area contributed by atoms with Crippen LogP contribution in [0.15, 0.2) is 229 Å². The Labute approximate surface area is 437 Å². The van der Waals surface area contributed by atoms with Crippen molar-refractivity contribution in [2.75, 3.05) is 0 Å². The lowest BCUT2D eigenvalue weighted by Gasteiger charge is -2.12. The van der Waals surface area contributed by atoms with Crippen LogP contribution in [0.25, 0.3) is 121 Å². The lowest BCUT2D eigenvalue weighted by molar-refractivity contribution is 0.669. The van der Waals surface area contributed by atoms with E-state index >= 15 is 0 Å².